The van der Waals surface area contributed by atoms with Gasteiger partial charge < -0.3 is 16.8 Å². The van der Waals surface area contributed by atoms with Crippen LogP contribution in [0.4, 0.5) is 11.6 Å². The first-order valence-electron chi connectivity index (χ1n) is 7.19. The summed E-state index contributed by atoms with van der Waals surface area (Å²) in [4.78, 5) is 19.9. The van der Waals surface area contributed by atoms with Crippen LogP contribution in [0, 0.1) is 5.92 Å². The second-order valence-corrected chi connectivity index (χ2v) is 6.52. The Morgan fingerprint density at radius 1 is 1.24 bits per heavy atom. The number of nitrogens with two attached hydrogens (primary N) is 2. The monoisotopic (exact) mass is 311 g/mol. The minimum absolute atomic E-state index is 0.0263. The molecule has 118 valence electrons. The highest BCUT2D eigenvalue weighted by Crippen LogP contribution is 2.16. The molecule has 21 heavy (non-hydrogen) atoms. The standard InChI is InChI=1S/C14H25N5OS/c1-9(2)5-4-6-10(3)17-13(20)8-21-14-18-11(15)7-12(16)19-14/h7,9-10H,4-6,8H2,1-3H3,(H,17,20)(H4,15,16,18,19)/t10-/m0/s1. The average Bonchev–Trinajstić information content (AvgIpc) is 2.34. The third-order valence-corrected chi connectivity index (χ3v) is 3.75. The van der Waals surface area contributed by atoms with Gasteiger partial charge in [-0.3, -0.25) is 4.79 Å². The number of anilines is 2. The van der Waals surface area contributed by atoms with Crippen LogP contribution in [0.1, 0.15) is 40.0 Å². The molecule has 1 atom stereocenters. The van der Waals surface area contributed by atoms with Crippen LogP contribution in [0.25, 0.3) is 0 Å². The highest BCUT2D eigenvalue weighted by atomic mass is 32.2. The van der Waals surface area contributed by atoms with Crippen molar-refractivity contribution in [2.45, 2.75) is 51.2 Å². The molecule has 0 aliphatic rings. The van der Waals surface area contributed by atoms with Crippen LogP contribution >= 0.6 is 11.8 Å². The average molecular weight is 311 g/mol. The summed E-state index contributed by atoms with van der Waals surface area (Å²) < 4.78 is 0. The lowest BCUT2D eigenvalue weighted by Crippen LogP contribution is -2.33. The largest absolute Gasteiger partial charge is 0.383 e. The first-order chi connectivity index (χ1) is 9.86. The van der Waals surface area contributed by atoms with Gasteiger partial charge in [0.05, 0.1) is 5.75 Å². The third kappa shape index (κ3) is 7.75. The molecule has 0 fully saturated rings. The van der Waals surface area contributed by atoms with Gasteiger partial charge in [0.1, 0.15) is 11.6 Å². The summed E-state index contributed by atoms with van der Waals surface area (Å²) in [7, 11) is 0. The van der Waals surface area contributed by atoms with E-state index in [-0.39, 0.29) is 17.7 Å². The number of hydrogen-bond acceptors (Lipinski definition) is 6. The lowest BCUT2D eigenvalue weighted by Gasteiger charge is -2.14. The number of nitrogens with one attached hydrogen (secondary N) is 1. The first kappa shape index (κ1) is 17.6. The van der Waals surface area contributed by atoms with Crippen molar-refractivity contribution >= 4 is 29.3 Å². The van der Waals surface area contributed by atoms with Crippen LogP contribution < -0.4 is 16.8 Å². The fourth-order valence-electron chi connectivity index (χ4n) is 1.88. The Morgan fingerprint density at radius 2 is 1.86 bits per heavy atom. The summed E-state index contributed by atoms with van der Waals surface area (Å²) in [5.74, 6) is 1.56. The zero-order chi connectivity index (χ0) is 15.8. The number of thioether (sulfide) groups is 1. The van der Waals surface area contributed by atoms with E-state index in [9.17, 15) is 4.79 Å². The number of hydrogen-bond donors (Lipinski definition) is 3. The van der Waals surface area contributed by atoms with Gasteiger partial charge in [-0.1, -0.05) is 38.5 Å². The fourth-order valence-corrected chi connectivity index (χ4v) is 2.56. The normalized spacial score (nSPS) is 12.4. The molecule has 1 rings (SSSR count). The second kappa shape index (κ2) is 8.71. The predicted octanol–water partition coefficient (Wildman–Crippen LogP) is 2.06. The van der Waals surface area contributed by atoms with E-state index in [4.69, 9.17) is 11.5 Å². The lowest BCUT2D eigenvalue weighted by atomic mass is 10.0. The fraction of sp³-hybridized carbons (Fsp3) is 0.643. The van der Waals surface area contributed by atoms with Gasteiger partial charge >= 0.3 is 0 Å². The molecule has 0 bridgehead atoms. The molecule has 1 aromatic heterocycles. The van der Waals surface area contributed by atoms with Crippen molar-refractivity contribution in [3.63, 3.8) is 0 Å². The molecule has 7 heteroatoms. The molecule has 1 aromatic rings. The molecule has 0 aliphatic carbocycles. The van der Waals surface area contributed by atoms with E-state index >= 15 is 0 Å². The molecule has 1 amide bonds. The maximum atomic E-state index is 11.8. The van der Waals surface area contributed by atoms with Gasteiger partial charge in [0, 0.05) is 12.1 Å². The van der Waals surface area contributed by atoms with Crippen LogP contribution in [0.15, 0.2) is 11.2 Å². The Hall–Kier alpha value is -1.50. The van der Waals surface area contributed by atoms with Crippen LogP contribution in [-0.2, 0) is 4.79 Å². The lowest BCUT2D eigenvalue weighted by molar-refractivity contribution is -0.119. The van der Waals surface area contributed by atoms with Crippen molar-refractivity contribution in [2.24, 2.45) is 5.92 Å². The third-order valence-electron chi connectivity index (χ3n) is 2.90. The van der Waals surface area contributed by atoms with Crippen molar-refractivity contribution in [1.29, 1.82) is 0 Å². The molecular weight excluding hydrogens is 286 g/mol. The summed E-state index contributed by atoms with van der Waals surface area (Å²) in [5.41, 5.74) is 11.2. The highest BCUT2D eigenvalue weighted by molar-refractivity contribution is 7.99. The predicted molar refractivity (Wildman–Crippen MR) is 87.9 cm³/mol. The SMILES string of the molecule is CC(C)CCC[C@H](C)NC(=O)CSc1nc(N)cc(N)n1. The minimum atomic E-state index is -0.0263. The first-order valence-corrected chi connectivity index (χ1v) is 8.17. The molecule has 0 unspecified atom stereocenters. The number of carbonyl (C=O) groups is 1. The second-order valence-electron chi connectivity index (χ2n) is 5.58. The molecule has 0 spiro atoms. The van der Waals surface area contributed by atoms with Gasteiger partial charge in [0.2, 0.25) is 5.91 Å². The van der Waals surface area contributed by atoms with Gasteiger partial charge in [-0.05, 0) is 19.3 Å². The number of rotatable bonds is 8. The Morgan fingerprint density at radius 3 is 2.43 bits per heavy atom. The van der Waals surface area contributed by atoms with Crippen molar-refractivity contribution in [2.75, 3.05) is 17.2 Å². The van der Waals surface area contributed by atoms with Gasteiger partial charge in [-0.15, -0.1) is 0 Å². The van der Waals surface area contributed by atoms with E-state index in [2.05, 4.69) is 29.1 Å². The molecule has 0 saturated heterocycles. The number of nitrogens with zero attached hydrogens (tertiary/aromatic N) is 2. The molecule has 0 radical (unpaired) electrons. The van der Waals surface area contributed by atoms with E-state index in [0.29, 0.717) is 22.7 Å². The van der Waals surface area contributed by atoms with Crippen molar-refractivity contribution in [1.82, 2.24) is 15.3 Å². The van der Waals surface area contributed by atoms with Crippen LogP contribution in [0.2, 0.25) is 0 Å². The quantitative estimate of drug-likeness (QED) is 0.501. The molecule has 0 aliphatic heterocycles. The Bertz CT molecular complexity index is 446. The van der Waals surface area contributed by atoms with E-state index < -0.39 is 0 Å². The van der Waals surface area contributed by atoms with Gasteiger partial charge in [-0.2, -0.15) is 0 Å². The maximum absolute atomic E-state index is 11.8. The Labute approximate surface area is 130 Å². The zero-order valence-corrected chi connectivity index (χ0v) is 13.7. The maximum Gasteiger partial charge on any atom is 0.230 e. The summed E-state index contributed by atoms with van der Waals surface area (Å²) in [6.07, 6.45) is 3.31. The molecule has 0 aromatic carbocycles. The van der Waals surface area contributed by atoms with Gasteiger partial charge in [0.15, 0.2) is 5.16 Å². The molecule has 0 saturated carbocycles. The number of nitrogen functional groups attached to an aromatic ring is 2. The van der Waals surface area contributed by atoms with Crippen LogP contribution in [0.5, 0.6) is 0 Å². The van der Waals surface area contributed by atoms with Crippen molar-refractivity contribution in [3.05, 3.63) is 6.07 Å². The highest BCUT2D eigenvalue weighted by Gasteiger charge is 2.10. The molecule has 1 heterocycles. The molecular formula is C14H25N5OS. The van der Waals surface area contributed by atoms with E-state index in [1.54, 1.807) is 0 Å². The van der Waals surface area contributed by atoms with E-state index in [1.165, 1.54) is 24.2 Å². The van der Waals surface area contributed by atoms with Crippen LogP contribution in [0.3, 0.4) is 0 Å². The van der Waals surface area contributed by atoms with Crippen LogP contribution in [-0.4, -0.2) is 27.7 Å². The van der Waals surface area contributed by atoms with Crippen molar-refractivity contribution in [3.8, 4) is 0 Å². The molecule has 6 nitrogen and oxygen atoms in total. The topological polar surface area (TPSA) is 107 Å². The Kier molecular flexibility index (Phi) is 7.28. The van der Waals surface area contributed by atoms with Crippen molar-refractivity contribution < 1.29 is 4.79 Å². The van der Waals surface area contributed by atoms with E-state index in [0.717, 1.165) is 12.8 Å². The summed E-state index contributed by atoms with van der Waals surface area (Å²) in [5, 5.41) is 3.40. The minimum Gasteiger partial charge on any atom is -0.383 e. The number of aromatic nitrogens is 2. The zero-order valence-electron chi connectivity index (χ0n) is 12.9. The smallest absolute Gasteiger partial charge is 0.230 e. The number of carbonyl (C=O) groups excluding carboxylic acids is 1. The van der Waals surface area contributed by atoms with Gasteiger partial charge in [-0.25, -0.2) is 9.97 Å². The summed E-state index contributed by atoms with van der Waals surface area (Å²) in [6, 6.07) is 1.67. The van der Waals surface area contributed by atoms with Gasteiger partial charge in [0.25, 0.3) is 0 Å². The van der Waals surface area contributed by atoms with E-state index in [1.807, 2.05) is 6.92 Å². The molecule has 5 N–H and O–H groups in total. The number of amides is 1. The Balaban J connectivity index is 2.30. The summed E-state index contributed by atoms with van der Waals surface area (Å²) in [6.45, 7) is 6.44. The summed E-state index contributed by atoms with van der Waals surface area (Å²) >= 11 is 1.23.